The largest absolute Gasteiger partial charge is 3.00 e. The zero-order valence-electron chi connectivity index (χ0n) is 21.9. The minimum absolute atomic E-state index is 0. The maximum Gasteiger partial charge on any atom is 3.00 e. The Balaban J connectivity index is 0.000000261. The second-order valence-corrected chi connectivity index (χ2v) is 15.9. The van der Waals surface area contributed by atoms with E-state index in [1.807, 2.05) is 11.3 Å². The second kappa shape index (κ2) is 12.8. The van der Waals surface area contributed by atoms with E-state index < -0.39 is 8.07 Å². The van der Waals surface area contributed by atoms with Crippen molar-refractivity contribution >= 4 is 35.4 Å². The van der Waals surface area contributed by atoms with Gasteiger partial charge in [-0.2, -0.15) is 6.07 Å². The van der Waals surface area contributed by atoms with Crippen molar-refractivity contribution in [2.24, 2.45) is 0 Å². The summed E-state index contributed by atoms with van der Waals surface area (Å²) in [5, 5.41) is 6.72. The third-order valence-corrected chi connectivity index (χ3v) is 13.0. The number of aryl methyl sites for hydroxylation is 2. The SMILES string of the molecule is CC1=C2c3ccsc3C1[Si]2(C)C.CCCCCc1ccc(-c2cccc3[cH-]c(C)cc23)cc1.[Cl-].[Cl-].[Zr+3]. The standard InChI is InChI=1S/C21H23.C10H12SSi.2ClH.Zr/c1-3-4-5-7-17-10-12-18(13-11-17)20-9-6-8-19-14-16(2)15-21(19)20;1-6-9-7-4-5-11-8(7)10(6)12(9,2)3;;;/h6,8-15H,3-5,7H2,1-2H3;4-5,10H,1-3H3;2*1H;/q-1;;;;+3/p-2. The van der Waals surface area contributed by atoms with Gasteiger partial charge in [0.2, 0.25) is 0 Å². The molecule has 0 amide bonds. The number of fused-ring (bicyclic) bond motifs is 1. The first-order valence-corrected chi connectivity index (χ1v) is 16.4. The van der Waals surface area contributed by atoms with Crippen LogP contribution in [0.5, 0.6) is 0 Å². The first-order chi connectivity index (χ1) is 15.9. The van der Waals surface area contributed by atoms with Crippen molar-refractivity contribution in [1.82, 2.24) is 0 Å². The molecule has 0 nitrogen and oxygen atoms in total. The van der Waals surface area contributed by atoms with E-state index in [0.29, 0.717) is 0 Å². The Morgan fingerprint density at radius 1 is 0.917 bits per heavy atom. The zero-order valence-corrected chi connectivity index (χ0v) is 27.7. The average Bonchev–Trinajstić information content (AvgIpc) is 3.51. The number of thiophene rings is 1. The molecule has 36 heavy (non-hydrogen) atoms. The van der Waals surface area contributed by atoms with Crippen LogP contribution >= 0.6 is 11.3 Å². The van der Waals surface area contributed by atoms with Crippen molar-refractivity contribution < 1.29 is 51.0 Å². The molecule has 0 saturated heterocycles. The van der Waals surface area contributed by atoms with Gasteiger partial charge in [0.15, 0.2) is 0 Å². The van der Waals surface area contributed by atoms with Crippen LogP contribution in [0.2, 0.25) is 13.1 Å². The molecule has 3 aromatic carbocycles. The fourth-order valence-corrected chi connectivity index (χ4v) is 12.5. The van der Waals surface area contributed by atoms with E-state index in [4.69, 9.17) is 0 Å². The summed E-state index contributed by atoms with van der Waals surface area (Å²) in [5.74, 6) is 0. The molecule has 2 aliphatic heterocycles. The maximum absolute atomic E-state index is 2.51. The van der Waals surface area contributed by atoms with Gasteiger partial charge in [0.25, 0.3) is 0 Å². The molecule has 3 aliphatic rings. The van der Waals surface area contributed by atoms with Crippen molar-refractivity contribution in [2.45, 2.75) is 65.1 Å². The second-order valence-electron chi connectivity index (χ2n) is 10.4. The Morgan fingerprint density at radius 2 is 1.64 bits per heavy atom. The van der Waals surface area contributed by atoms with E-state index in [-0.39, 0.29) is 51.0 Å². The van der Waals surface area contributed by atoms with Gasteiger partial charge in [-0.05, 0) is 47.9 Å². The molecule has 4 aromatic rings. The van der Waals surface area contributed by atoms with Crippen LogP contribution in [0.25, 0.3) is 27.1 Å². The first kappa shape index (κ1) is 31.4. The van der Waals surface area contributed by atoms with E-state index in [0.717, 1.165) is 5.54 Å². The normalized spacial score (nSPS) is 16.1. The van der Waals surface area contributed by atoms with Crippen molar-refractivity contribution in [3.8, 4) is 11.1 Å². The van der Waals surface area contributed by atoms with E-state index >= 15 is 0 Å². The molecule has 0 saturated carbocycles. The molecule has 2 bridgehead atoms. The fraction of sp³-hybridized carbons (Fsp3) is 0.323. The Kier molecular flexibility index (Phi) is 11.2. The minimum atomic E-state index is -0.972. The van der Waals surface area contributed by atoms with Crippen LogP contribution < -0.4 is 24.8 Å². The third-order valence-electron chi connectivity index (χ3n) is 7.65. The van der Waals surface area contributed by atoms with Crippen molar-refractivity contribution in [3.05, 3.63) is 93.2 Å². The van der Waals surface area contributed by atoms with E-state index in [2.05, 4.69) is 99.9 Å². The van der Waals surface area contributed by atoms with E-state index in [9.17, 15) is 0 Å². The summed E-state index contributed by atoms with van der Waals surface area (Å²) in [4.78, 5) is 1.68. The number of hydrogen-bond donors (Lipinski definition) is 0. The molecule has 1 aromatic heterocycles. The number of hydrogen-bond acceptors (Lipinski definition) is 1. The number of allylic oxidation sites excluding steroid dienone is 1. The molecule has 7 rings (SSSR count). The van der Waals surface area contributed by atoms with Gasteiger partial charge in [-0.15, -0.1) is 45.9 Å². The van der Waals surface area contributed by atoms with Crippen LogP contribution in [-0.4, -0.2) is 8.07 Å². The summed E-state index contributed by atoms with van der Waals surface area (Å²) >= 11 is 1.96. The molecule has 3 heterocycles. The van der Waals surface area contributed by atoms with Gasteiger partial charge in [-0.1, -0.05) is 86.4 Å². The Labute approximate surface area is 253 Å². The molecule has 0 N–H and O–H groups in total. The minimum Gasteiger partial charge on any atom is -1.00 e. The quantitative estimate of drug-likeness (QED) is 0.180. The van der Waals surface area contributed by atoms with Crippen LogP contribution in [0.3, 0.4) is 0 Å². The van der Waals surface area contributed by atoms with Gasteiger partial charge in [0.05, 0.1) is 8.07 Å². The van der Waals surface area contributed by atoms with Gasteiger partial charge in [0, 0.05) is 10.4 Å². The van der Waals surface area contributed by atoms with Crippen LogP contribution in [0.4, 0.5) is 0 Å². The number of unbranched alkanes of at least 4 members (excludes halogenated alkanes) is 2. The molecule has 0 fully saturated rings. The summed E-state index contributed by atoms with van der Waals surface area (Å²) in [5.41, 5.74) is 9.66. The summed E-state index contributed by atoms with van der Waals surface area (Å²) < 4.78 is 0. The van der Waals surface area contributed by atoms with Gasteiger partial charge < -0.3 is 24.8 Å². The van der Waals surface area contributed by atoms with Crippen LogP contribution in [0.1, 0.15) is 60.2 Å². The molecule has 187 valence electrons. The predicted molar refractivity (Wildman–Crippen MR) is 150 cm³/mol. The molecule has 0 spiro atoms. The molecule has 1 unspecified atom stereocenters. The Morgan fingerprint density at radius 3 is 2.28 bits per heavy atom. The molecule has 5 heteroatoms. The maximum atomic E-state index is 2.51. The molecular formula is C31H35Cl2SSiZr. The molecule has 1 radical (unpaired) electrons. The molecular weight excluding hydrogens is 595 g/mol. The van der Waals surface area contributed by atoms with Gasteiger partial charge in [-0.25, -0.2) is 0 Å². The van der Waals surface area contributed by atoms with Crippen molar-refractivity contribution in [1.29, 1.82) is 0 Å². The summed E-state index contributed by atoms with van der Waals surface area (Å²) in [6.45, 7) is 11.8. The van der Waals surface area contributed by atoms with Gasteiger partial charge in [0.1, 0.15) is 0 Å². The van der Waals surface area contributed by atoms with E-state index in [1.54, 1.807) is 21.2 Å². The predicted octanol–water partition coefficient (Wildman–Crippen LogP) is 3.69. The summed E-state index contributed by atoms with van der Waals surface area (Å²) in [6.07, 6.45) is 5.12. The Bertz CT molecular complexity index is 1330. The van der Waals surface area contributed by atoms with Crippen LogP contribution in [-0.2, 0) is 32.6 Å². The number of halogens is 2. The van der Waals surface area contributed by atoms with Crippen LogP contribution in [0.15, 0.2) is 71.6 Å². The topological polar surface area (TPSA) is 0 Å². The van der Waals surface area contributed by atoms with Gasteiger partial charge in [-0.3, -0.25) is 0 Å². The summed E-state index contributed by atoms with van der Waals surface area (Å²) in [7, 11) is -0.972. The number of benzene rings is 2. The smallest absolute Gasteiger partial charge is 1.00 e. The first-order valence-electron chi connectivity index (χ1n) is 12.5. The molecule has 1 atom stereocenters. The fourth-order valence-electron chi connectivity index (χ4n) is 6.16. The van der Waals surface area contributed by atoms with Crippen molar-refractivity contribution in [3.63, 3.8) is 0 Å². The zero-order chi connectivity index (χ0) is 23.2. The summed E-state index contributed by atoms with van der Waals surface area (Å²) in [6, 6.07) is 22.6. The molecule has 1 aliphatic carbocycles. The third kappa shape index (κ3) is 5.62. The van der Waals surface area contributed by atoms with E-state index in [1.165, 1.54) is 58.7 Å². The average molecular weight is 630 g/mol. The Hall–Kier alpha value is -0.830. The van der Waals surface area contributed by atoms with Crippen LogP contribution in [0, 0.1) is 6.92 Å². The monoisotopic (exact) mass is 627 g/mol. The number of rotatable bonds is 5. The van der Waals surface area contributed by atoms with Gasteiger partial charge >= 0.3 is 26.2 Å². The van der Waals surface area contributed by atoms with Crippen molar-refractivity contribution in [2.75, 3.05) is 0 Å².